The number of hydrogen-bond acceptors (Lipinski definition) is 2. The number of halogens is 1. The van der Waals surface area contributed by atoms with Gasteiger partial charge in [-0.25, -0.2) is 0 Å². The highest BCUT2D eigenvalue weighted by molar-refractivity contribution is 6.38. The molecule has 0 bridgehead atoms. The minimum absolute atomic E-state index is 0.694. The van der Waals surface area contributed by atoms with Gasteiger partial charge in [0, 0.05) is 27.1 Å². The molecule has 7 aromatic rings. The molecule has 0 radical (unpaired) electrons. The largest absolute Gasteiger partial charge is 0.456 e. The standard InChI is InChI=1S/C30H17ClO2/c31-24-17-16-21(30-29(24)23-11-4-6-14-26(23)33-30)19-9-2-1-8-18(19)20-12-7-15-27-28(20)22-10-3-5-13-25(22)32-27/h1-17H. The molecular weight excluding hydrogens is 428 g/mol. The third-order valence-electron chi connectivity index (χ3n) is 6.39. The molecule has 0 aliphatic heterocycles. The summed E-state index contributed by atoms with van der Waals surface area (Å²) in [7, 11) is 0. The molecule has 0 saturated heterocycles. The Bertz CT molecular complexity index is 1840. The molecule has 2 heterocycles. The van der Waals surface area contributed by atoms with E-state index in [-0.39, 0.29) is 0 Å². The first-order valence-corrected chi connectivity index (χ1v) is 11.3. The summed E-state index contributed by atoms with van der Waals surface area (Å²) in [5.41, 5.74) is 7.78. The quantitative estimate of drug-likeness (QED) is 0.265. The minimum atomic E-state index is 0.694. The molecule has 0 fully saturated rings. The molecule has 0 atom stereocenters. The molecule has 0 saturated carbocycles. The summed E-state index contributed by atoms with van der Waals surface area (Å²) in [6, 6.07) is 34.9. The van der Waals surface area contributed by atoms with Crippen LogP contribution in [0.4, 0.5) is 0 Å². The fourth-order valence-corrected chi connectivity index (χ4v) is 5.20. The highest BCUT2D eigenvalue weighted by Crippen LogP contribution is 2.44. The fraction of sp³-hybridized carbons (Fsp3) is 0. The van der Waals surface area contributed by atoms with Gasteiger partial charge in [-0.05, 0) is 47.0 Å². The molecule has 156 valence electrons. The predicted molar refractivity (Wildman–Crippen MR) is 137 cm³/mol. The van der Waals surface area contributed by atoms with Crippen LogP contribution in [0.1, 0.15) is 0 Å². The van der Waals surface area contributed by atoms with Crippen LogP contribution in [-0.4, -0.2) is 0 Å². The maximum atomic E-state index is 6.65. The molecule has 0 aliphatic carbocycles. The van der Waals surface area contributed by atoms with Crippen molar-refractivity contribution in [3.8, 4) is 22.3 Å². The Morgan fingerprint density at radius 3 is 1.79 bits per heavy atom. The van der Waals surface area contributed by atoms with Crippen molar-refractivity contribution in [1.29, 1.82) is 0 Å². The SMILES string of the molecule is Clc1ccc(-c2ccccc2-c2cccc3oc4ccccc4c23)c2oc3ccccc3c12. The molecule has 2 aromatic heterocycles. The average molecular weight is 445 g/mol. The highest BCUT2D eigenvalue weighted by Gasteiger charge is 2.19. The molecule has 33 heavy (non-hydrogen) atoms. The number of para-hydroxylation sites is 2. The van der Waals surface area contributed by atoms with Crippen molar-refractivity contribution in [3.05, 3.63) is 108 Å². The van der Waals surface area contributed by atoms with Crippen molar-refractivity contribution in [2.75, 3.05) is 0 Å². The topological polar surface area (TPSA) is 26.3 Å². The molecule has 3 heteroatoms. The summed E-state index contributed by atoms with van der Waals surface area (Å²) >= 11 is 6.65. The lowest BCUT2D eigenvalue weighted by Gasteiger charge is -2.12. The van der Waals surface area contributed by atoms with E-state index in [0.29, 0.717) is 5.02 Å². The van der Waals surface area contributed by atoms with Crippen LogP contribution in [0.25, 0.3) is 66.1 Å². The second-order valence-corrected chi connectivity index (χ2v) is 8.63. The number of benzene rings is 5. The lowest BCUT2D eigenvalue weighted by Crippen LogP contribution is -1.87. The summed E-state index contributed by atoms with van der Waals surface area (Å²) in [5, 5.41) is 4.91. The van der Waals surface area contributed by atoms with Crippen LogP contribution in [0.3, 0.4) is 0 Å². The maximum Gasteiger partial charge on any atom is 0.144 e. The first-order chi connectivity index (χ1) is 16.3. The monoisotopic (exact) mass is 444 g/mol. The maximum absolute atomic E-state index is 6.65. The Hall–Kier alpha value is -4.01. The van der Waals surface area contributed by atoms with Crippen LogP contribution in [0, 0.1) is 0 Å². The smallest absolute Gasteiger partial charge is 0.144 e. The summed E-state index contributed by atoms with van der Waals surface area (Å²) in [6.45, 7) is 0. The Morgan fingerprint density at radius 1 is 0.424 bits per heavy atom. The molecule has 0 aliphatic rings. The second-order valence-electron chi connectivity index (χ2n) is 8.22. The second kappa shape index (κ2) is 6.99. The fourth-order valence-electron chi connectivity index (χ4n) is 4.95. The zero-order valence-corrected chi connectivity index (χ0v) is 18.3. The van der Waals surface area contributed by atoms with Crippen molar-refractivity contribution in [2.24, 2.45) is 0 Å². The van der Waals surface area contributed by atoms with Gasteiger partial charge in [-0.2, -0.15) is 0 Å². The van der Waals surface area contributed by atoms with Gasteiger partial charge in [0.15, 0.2) is 0 Å². The van der Waals surface area contributed by atoms with E-state index < -0.39 is 0 Å². The third-order valence-corrected chi connectivity index (χ3v) is 6.70. The molecular formula is C30H17ClO2. The highest BCUT2D eigenvalue weighted by atomic mass is 35.5. The van der Waals surface area contributed by atoms with E-state index in [4.69, 9.17) is 20.4 Å². The van der Waals surface area contributed by atoms with Crippen molar-refractivity contribution in [2.45, 2.75) is 0 Å². The molecule has 0 N–H and O–H groups in total. The molecule has 0 spiro atoms. The first kappa shape index (κ1) is 18.6. The van der Waals surface area contributed by atoms with Crippen LogP contribution < -0.4 is 0 Å². The van der Waals surface area contributed by atoms with Crippen LogP contribution >= 0.6 is 11.6 Å². The van der Waals surface area contributed by atoms with Gasteiger partial charge in [0.25, 0.3) is 0 Å². The van der Waals surface area contributed by atoms with Gasteiger partial charge in [0.05, 0.1) is 5.02 Å². The normalized spacial score (nSPS) is 11.8. The van der Waals surface area contributed by atoms with E-state index >= 15 is 0 Å². The predicted octanol–water partition coefficient (Wildman–Crippen LogP) is 9.47. The molecule has 2 nitrogen and oxygen atoms in total. The van der Waals surface area contributed by atoms with Crippen LogP contribution in [0.5, 0.6) is 0 Å². The first-order valence-electron chi connectivity index (χ1n) is 10.9. The summed E-state index contributed by atoms with van der Waals surface area (Å²) < 4.78 is 12.5. The lowest BCUT2D eigenvalue weighted by atomic mass is 9.91. The summed E-state index contributed by atoms with van der Waals surface area (Å²) in [4.78, 5) is 0. The molecule has 5 aromatic carbocycles. The number of fused-ring (bicyclic) bond motifs is 6. The third kappa shape index (κ3) is 2.68. The van der Waals surface area contributed by atoms with Gasteiger partial charge >= 0.3 is 0 Å². The van der Waals surface area contributed by atoms with Gasteiger partial charge in [-0.15, -0.1) is 0 Å². The van der Waals surface area contributed by atoms with E-state index in [1.54, 1.807) is 0 Å². The minimum Gasteiger partial charge on any atom is -0.456 e. The van der Waals surface area contributed by atoms with Gasteiger partial charge in [-0.3, -0.25) is 0 Å². The number of furan rings is 2. The van der Waals surface area contributed by atoms with Crippen LogP contribution in [0.2, 0.25) is 5.02 Å². The van der Waals surface area contributed by atoms with E-state index in [2.05, 4.69) is 60.7 Å². The van der Waals surface area contributed by atoms with E-state index in [9.17, 15) is 0 Å². The summed E-state index contributed by atoms with van der Waals surface area (Å²) in [6.07, 6.45) is 0. The Balaban J connectivity index is 1.58. The van der Waals surface area contributed by atoms with Crippen molar-refractivity contribution >= 4 is 55.5 Å². The summed E-state index contributed by atoms with van der Waals surface area (Å²) in [5.74, 6) is 0. The van der Waals surface area contributed by atoms with Crippen molar-refractivity contribution in [1.82, 2.24) is 0 Å². The Kier molecular flexibility index (Phi) is 3.93. The van der Waals surface area contributed by atoms with E-state index in [1.165, 1.54) is 0 Å². The van der Waals surface area contributed by atoms with E-state index in [0.717, 1.165) is 66.1 Å². The van der Waals surface area contributed by atoms with Gasteiger partial charge in [0.2, 0.25) is 0 Å². The average Bonchev–Trinajstić information content (AvgIpc) is 3.43. The van der Waals surface area contributed by atoms with Gasteiger partial charge in [0.1, 0.15) is 22.3 Å². The molecule has 0 amide bonds. The van der Waals surface area contributed by atoms with Crippen LogP contribution in [-0.2, 0) is 0 Å². The number of rotatable bonds is 2. The zero-order chi connectivity index (χ0) is 21.9. The lowest BCUT2D eigenvalue weighted by molar-refractivity contribution is 0.669. The Labute approximate surface area is 194 Å². The van der Waals surface area contributed by atoms with Gasteiger partial charge in [-0.1, -0.05) is 84.4 Å². The number of hydrogen-bond donors (Lipinski definition) is 0. The van der Waals surface area contributed by atoms with E-state index in [1.807, 2.05) is 42.5 Å². The Morgan fingerprint density at radius 2 is 1.00 bits per heavy atom. The molecule has 0 unspecified atom stereocenters. The van der Waals surface area contributed by atoms with Crippen molar-refractivity contribution < 1.29 is 8.83 Å². The molecule has 7 rings (SSSR count). The van der Waals surface area contributed by atoms with Gasteiger partial charge < -0.3 is 8.83 Å². The van der Waals surface area contributed by atoms with Crippen LogP contribution in [0.15, 0.2) is 112 Å². The zero-order valence-electron chi connectivity index (χ0n) is 17.5. The van der Waals surface area contributed by atoms with Crippen molar-refractivity contribution in [3.63, 3.8) is 0 Å².